The fourth-order valence-electron chi connectivity index (χ4n) is 1.67. The van der Waals surface area contributed by atoms with Gasteiger partial charge in [-0.1, -0.05) is 6.07 Å². The molecular formula is C11H13BrFNO. The van der Waals surface area contributed by atoms with E-state index >= 15 is 0 Å². The Hall–Kier alpha value is -0.450. The molecule has 0 bridgehead atoms. The van der Waals surface area contributed by atoms with Crippen LogP contribution in [0.5, 0.6) is 0 Å². The molecule has 1 aromatic rings. The van der Waals surface area contributed by atoms with Crippen molar-refractivity contribution in [1.82, 2.24) is 5.32 Å². The van der Waals surface area contributed by atoms with Gasteiger partial charge in [0.05, 0.1) is 10.6 Å². The first kappa shape index (κ1) is 11.0. The number of aliphatic hydroxyl groups excluding tert-OH is 1. The third-order valence-corrected chi connectivity index (χ3v) is 3.30. The Morgan fingerprint density at radius 1 is 1.47 bits per heavy atom. The second kappa shape index (κ2) is 4.60. The monoisotopic (exact) mass is 273 g/mol. The number of hydrogen-bond acceptors (Lipinski definition) is 2. The molecule has 0 atom stereocenters. The molecule has 0 radical (unpaired) electrons. The molecule has 0 heterocycles. The molecule has 0 aromatic heterocycles. The van der Waals surface area contributed by atoms with Crippen LogP contribution in [0.2, 0.25) is 0 Å². The summed E-state index contributed by atoms with van der Waals surface area (Å²) in [5, 5.41) is 12.4. The first-order chi connectivity index (χ1) is 7.15. The van der Waals surface area contributed by atoms with E-state index in [0.29, 0.717) is 10.5 Å². The van der Waals surface area contributed by atoms with E-state index in [1.54, 1.807) is 12.1 Å². The molecular weight excluding hydrogens is 261 g/mol. The quantitative estimate of drug-likeness (QED) is 0.885. The summed E-state index contributed by atoms with van der Waals surface area (Å²) in [7, 11) is 0. The van der Waals surface area contributed by atoms with Crippen LogP contribution in [-0.4, -0.2) is 17.3 Å². The average Bonchev–Trinajstić information content (AvgIpc) is 2.16. The zero-order chi connectivity index (χ0) is 10.8. The molecule has 1 aliphatic rings. The first-order valence-electron chi connectivity index (χ1n) is 5.00. The van der Waals surface area contributed by atoms with Gasteiger partial charge in [-0.05, 0) is 46.5 Å². The van der Waals surface area contributed by atoms with E-state index in [2.05, 4.69) is 21.2 Å². The highest BCUT2D eigenvalue weighted by molar-refractivity contribution is 9.10. The van der Waals surface area contributed by atoms with Gasteiger partial charge < -0.3 is 10.4 Å². The van der Waals surface area contributed by atoms with Crippen molar-refractivity contribution < 1.29 is 9.50 Å². The topological polar surface area (TPSA) is 32.3 Å². The highest BCUT2D eigenvalue weighted by atomic mass is 79.9. The zero-order valence-electron chi connectivity index (χ0n) is 8.21. The second-order valence-corrected chi connectivity index (χ2v) is 4.81. The molecule has 0 aliphatic heterocycles. The number of halogens is 2. The second-order valence-electron chi connectivity index (χ2n) is 3.95. The smallest absolute Gasteiger partial charge is 0.137 e. The third kappa shape index (κ3) is 2.77. The van der Waals surface area contributed by atoms with Crippen LogP contribution in [0.25, 0.3) is 0 Å². The Balaban J connectivity index is 1.86. The Kier molecular flexibility index (Phi) is 3.38. The zero-order valence-corrected chi connectivity index (χ0v) is 9.80. The molecule has 1 aromatic carbocycles. The number of hydrogen-bond donors (Lipinski definition) is 2. The summed E-state index contributed by atoms with van der Waals surface area (Å²) in [4.78, 5) is 0. The van der Waals surface area contributed by atoms with Crippen LogP contribution in [0.1, 0.15) is 18.4 Å². The van der Waals surface area contributed by atoms with Gasteiger partial charge in [0.2, 0.25) is 0 Å². The molecule has 1 aliphatic carbocycles. The maximum atomic E-state index is 12.9. The van der Waals surface area contributed by atoms with E-state index in [1.165, 1.54) is 6.07 Å². The maximum absolute atomic E-state index is 12.9. The van der Waals surface area contributed by atoms with Crippen molar-refractivity contribution in [3.05, 3.63) is 34.1 Å². The molecule has 1 fully saturated rings. The SMILES string of the molecule is OC1CC(NCc2ccc(F)c(Br)c2)C1. The van der Waals surface area contributed by atoms with E-state index in [1.807, 2.05) is 0 Å². The summed E-state index contributed by atoms with van der Waals surface area (Å²) >= 11 is 3.15. The predicted molar refractivity (Wildman–Crippen MR) is 60.0 cm³/mol. The molecule has 0 saturated heterocycles. The highest BCUT2D eigenvalue weighted by Gasteiger charge is 2.26. The van der Waals surface area contributed by atoms with Crippen LogP contribution in [0.4, 0.5) is 4.39 Å². The lowest BCUT2D eigenvalue weighted by atomic mass is 9.89. The summed E-state index contributed by atoms with van der Waals surface area (Å²) in [5.74, 6) is -0.238. The molecule has 2 nitrogen and oxygen atoms in total. The largest absolute Gasteiger partial charge is 0.393 e. The number of rotatable bonds is 3. The van der Waals surface area contributed by atoms with Crippen molar-refractivity contribution in [2.24, 2.45) is 0 Å². The van der Waals surface area contributed by atoms with Crippen molar-refractivity contribution in [3.8, 4) is 0 Å². The summed E-state index contributed by atoms with van der Waals surface area (Å²) in [6, 6.07) is 5.40. The lowest BCUT2D eigenvalue weighted by molar-refractivity contribution is 0.0619. The summed E-state index contributed by atoms with van der Waals surface area (Å²) in [6.07, 6.45) is 1.51. The molecule has 0 unspecified atom stereocenters. The van der Waals surface area contributed by atoms with Gasteiger partial charge in [-0.25, -0.2) is 4.39 Å². The molecule has 4 heteroatoms. The van der Waals surface area contributed by atoms with Crippen LogP contribution in [0.3, 0.4) is 0 Å². The summed E-state index contributed by atoms with van der Waals surface area (Å²) in [5.41, 5.74) is 1.05. The Morgan fingerprint density at radius 2 is 2.20 bits per heavy atom. The van der Waals surface area contributed by atoms with E-state index < -0.39 is 0 Å². The first-order valence-corrected chi connectivity index (χ1v) is 5.80. The van der Waals surface area contributed by atoms with Crippen LogP contribution in [0, 0.1) is 5.82 Å². The molecule has 15 heavy (non-hydrogen) atoms. The fourth-order valence-corrected chi connectivity index (χ4v) is 2.09. The third-order valence-electron chi connectivity index (χ3n) is 2.69. The van der Waals surface area contributed by atoms with Crippen LogP contribution in [-0.2, 0) is 6.54 Å². The highest BCUT2D eigenvalue weighted by Crippen LogP contribution is 2.21. The molecule has 2 rings (SSSR count). The minimum atomic E-state index is -0.238. The molecule has 0 spiro atoms. The Labute approximate surface area is 96.6 Å². The summed E-state index contributed by atoms with van der Waals surface area (Å²) < 4.78 is 13.4. The lowest BCUT2D eigenvalue weighted by Gasteiger charge is -2.32. The van der Waals surface area contributed by atoms with Gasteiger partial charge in [0.25, 0.3) is 0 Å². The van der Waals surface area contributed by atoms with Crippen molar-refractivity contribution in [3.63, 3.8) is 0 Å². The minimum absolute atomic E-state index is 0.137. The molecule has 2 N–H and O–H groups in total. The molecule has 1 saturated carbocycles. The average molecular weight is 274 g/mol. The van der Waals surface area contributed by atoms with Crippen LogP contribution in [0.15, 0.2) is 22.7 Å². The van der Waals surface area contributed by atoms with Gasteiger partial charge in [0.15, 0.2) is 0 Å². The Morgan fingerprint density at radius 3 is 2.80 bits per heavy atom. The van der Waals surface area contributed by atoms with E-state index in [-0.39, 0.29) is 11.9 Å². The van der Waals surface area contributed by atoms with E-state index in [0.717, 1.165) is 24.9 Å². The minimum Gasteiger partial charge on any atom is -0.393 e. The summed E-state index contributed by atoms with van der Waals surface area (Å²) in [6.45, 7) is 0.719. The van der Waals surface area contributed by atoms with Crippen molar-refractivity contribution >= 4 is 15.9 Å². The van der Waals surface area contributed by atoms with Crippen molar-refractivity contribution in [2.45, 2.75) is 31.5 Å². The van der Waals surface area contributed by atoms with E-state index in [4.69, 9.17) is 5.11 Å². The van der Waals surface area contributed by atoms with Crippen LogP contribution < -0.4 is 5.32 Å². The standard InChI is InChI=1S/C11H13BrFNO/c12-10-3-7(1-2-11(10)13)6-14-8-4-9(15)5-8/h1-3,8-9,14-15H,4-6H2. The van der Waals surface area contributed by atoms with Gasteiger partial charge in [0.1, 0.15) is 5.82 Å². The van der Waals surface area contributed by atoms with Gasteiger partial charge in [-0.15, -0.1) is 0 Å². The van der Waals surface area contributed by atoms with Crippen molar-refractivity contribution in [1.29, 1.82) is 0 Å². The normalized spacial score (nSPS) is 25.0. The molecule has 82 valence electrons. The van der Waals surface area contributed by atoms with Crippen LogP contribution >= 0.6 is 15.9 Å². The fraction of sp³-hybridized carbons (Fsp3) is 0.455. The lowest BCUT2D eigenvalue weighted by Crippen LogP contribution is -2.43. The maximum Gasteiger partial charge on any atom is 0.137 e. The predicted octanol–water partition coefficient (Wildman–Crippen LogP) is 2.20. The van der Waals surface area contributed by atoms with Gasteiger partial charge in [0, 0.05) is 12.6 Å². The van der Waals surface area contributed by atoms with E-state index in [9.17, 15) is 4.39 Å². The number of aliphatic hydroxyl groups is 1. The van der Waals surface area contributed by atoms with Gasteiger partial charge in [-0.3, -0.25) is 0 Å². The number of benzene rings is 1. The van der Waals surface area contributed by atoms with Crippen molar-refractivity contribution in [2.75, 3.05) is 0 Å². The molecule has 0 amide bonds. The van der Waals surface area contributed by atoms with Gasteiger partial charge >= 0.3 is 0 Å². The Bertz CT molecular complexity index is 352. The van der Waals surface area contributed by atoms with Gasteiger partial charge in [-0.2, -0.15) is 0 Å². The number of nitrogens with one attached hydrogen (secondary N) is 1.